The minimum Gasteiger partial charge on any atom is -0.347 e. The molecule has 0 aliphatic carbocycles. The smallest absolute Gasteiger partial charge is 0.347 e. The summed E-state index contributed by atoms with van der Waals surface area (Å²) in [7, 11) is 0. The first kappa shape index (κ1) is 17.5. The normalized spacial score (nSPS) is 20.7. The minimum atomic E-state index is -4.61. The van der Waals surface area contributed by atoms with Crippen LogP contribution in [0.4, 0.5) is 27.9 Å². The van der Waals surface area contributed by atoms with E-state index in [0.717, 1.165) is 12.1 Å². The van der Waals surface area contributed by atoms with Crippen LogP contribution in [-0.2, 0) is 6.18 Å². The maximum Gasteiger partial charge on any atom is 0.416 e. The number of aromatic nitrogens is 2. The van der Waals surface area contributed by atoms with E-state index in [1.807, 2.05) is 0 Å². The van der Waals surface area contributed by atoms with Crippen molar-refractivity contribution in [1.29, 1.82) is 0 Å². The van der Waals surface area contributed by atoms with Gasteiger partial charge in [0.25, 0.3) is 0 Å². The number of hydrogen-bond acceptors (Lipinski definition) is 4. The lowest BCUT2D eigenvalue weighted by Crippen LogP contribution is -2.30. The molecule has 3 rings (SSSR count). The van der Waals surface area contributed by atoms with Gasteiger partial charge >= 0.3 is 6.18 Å². The van der Waals surface area contributed by atoms with Gasteiger partial charge in [0.2, 0.25) is 5.95 Å². The summed E-state index contributed by atoms with van der Waals surface area (Å²) in [5.74, 6) is -0.823. The summed E-state index contributed by atoms with van der Waals surface area (Å²) >= 11 is 0. The van der Waals surface area contributed by atoms with Crippen molar-refractivity contribution in [2.75, 3.05) is 18.4 Å². The molecule has 1 aliphatic rings. The van der Waals surface area contributed by atoms with Gasteiger partial charge in [-0.1, -0.05) is 6.07 Å². The average Bonchev–Trinajstić information content (AvgIpc) is 2.92. The Labute approximate surface area is 140 Å². The Morgan fingerprint density at radius 3 is 2.52 bits per heavy atom. The molecule has 25 heavy (non-hydrogen) atoms. The number of anilines is 1. The Hall–Kier alpha value is -2.29. The zero-order chi connectivity index (χ0) is 18.2. The van der Waals surface area contributed by atoms with Gasteiger partial charge in [0.15, 0.2) is 0 Å². The third-order valence-corrected chi connectivity index (χ3v) is 4.02. The highest BCUT2D eigenvalue weighted by Gasteiger charge is 2.31. The van der Waals surface area contributed by atoms with Gasteiger partial charge in [-0.3, -0.25) is 0 Å². The third kappa shape index (κ3) is 3.71. The summed E-state index contributed by atoms with van der Waals surface area (Å²) in [6.45, 7) is 2.25. The molecule has 0 bridgehead atoms. The molecule has 0 amide bonds. The maximum absolute atomic E-state index is 14.1. The van der Waals surface area contributed by atoms with Gasteiger partial charge in [-0.05, 0) is 19.1 Å². The van der Waals surface area contributed by atoms with E-state index in [1.165, 1.54) is 6.20 Å². The Balaban J connectivity index is 1.86. The van der Waals surface area contributed by atoms with Gasteiger partial charge in [-0.15, -0.1) is 0 Å². The summed E-state index contributed by atoms with van der Waals surface area (Å²) < 4.78 is 65.6. The van der Waals surface area contributed by atoms with Crippen LogP contribution in [0, 0.1) is 12.7 Å². The fourth-order valence-corrected chi connectivity index (χ4v) is 2.67. The van der Waals surface area contributed by atoms with Crippen molar-refractivity contribution in [2.45, 2.75) is 25.3 Å². The molecule has 9 heteroatoms. The lowest BCUT2D eigenvalue weighted by atomic mass is 10.0. The first-order chi connectivity index (χ1) is 11.8. The fraction of sp³-hybridized carbons (Fsp3) is 0.375. The van der Waals surface area contributed by atoms with Crippen molar-refractivity contribution in [2.24, 2.45) is 0 Å². The Bertz CT molecular complexity index is 778. The van der Waals surface area contributed by atoms with Crippen LogP contribution in [0.15, 0.2) is 24.4 Å². The number of rotatable bonds is 3. The van der Waals surface area contributed by atoms with Crippen LogP contribution in [0.2, 0.25) is 0 Å². The molecule has 0 radical (unpaired) electrons. The molecule has 0 saturated carbocycles. The number of benzene rings is 1. The summed E-state index contributed by atoms with van der Waals surface area (Å²) in [5, 5.41) is 5.74. The Morgan fingerprint density at radius 1 is 1.20 bits per heavy atom. The quantitative estimate of drug-likeness (QED) is 0.827. The molecule has 2 aromatic rings. The predicted octanol–water partition coefficient (Wildman–Crippen LogP) is 3.33. The van der Waals surface area contributed by atoms with Crippen LogP contribution in [0.3, 0.4) is 0 Å². The summed E-state index contributed by atoms with van der Waals surface area (Å²) in [5.41, 5.74) is -0.438. The lowest BCUT2D eigenvalue weighted by molar-refractivity contribution is -0.137. The Morgan fingerprint density at radius 2 is 1.96 bits per heavy atom. The molecule has 2 N–H and O–H groups in total. The second kappa shape index (κ2) is 6.55. The van der Waals surface area contributed by atoms with Crippen molar-refractivity contribution in [3.8, 4) is 11.1 Å². The van der Waals surface area contributed by atoms with Gasteiger partial charge in [0.05, 0.1) is 17.3 Å². The monoisotopic (exact) mass is 358 g/mol. The summed E-state index contributed by atoms with van der Waals surface area (Å²) in [6, 6.07) is 1.84. The standard InChI is InChI=1S/C16H15F5N4/c1-8-11(10-3-2-9(4-12(10)17)16(19,20)21)5-23-15(24-8)25-14-7-22-6-13(14)18/h2-5,13-14,22H,6-7H2,1H3,(H,23,24,25)/t13-,14+/m0/s1. The first-order valence-electron chi connectivity index (χ1n) is 7.58. The van der Waals surface area contributed by atoms with Gasteiger partial charge < -0.3 is 10.6 Å². The van der Waals surface area contributed by atoms with Gasteiger partial charge in [0, 0.05) is 30.4 Å². The van der Waals surface area contributed by atoms with E-state index in [0.29, 0.717) is 18.3 Å². The van der Waals surface area contributed by atoms with Crippen molar-refractivity contribution in [3.05, 3.63) is 41.5 Å². The molecule has 2 heterocycles. The molecule has 2 atom stereocenters. The van der Waals surface area contributed by atoms with E-state index >= 15 is 0 Å². The molecular formula is C16H15F5N4. The number of aryl methyl sites for hydroxylation is 1. The minimum absolute atomic E-state index is 0.0250. The highest BCUT2D eigenvalue weighted by molar-refractivity contribution is 5.66. The zero-order valence-electron chi connectivity index (χ0n) is 13.2. The van der Waals surface area contributed by atoms with Crippen molar-refractivity contribution in [3.63, 3.8) is 0 Å². The fourth-order valence-electron chi connectivity index (χ4n) is 2.67. The topological polar surface area (TPSA) is 49.8 Å². The molecule has 1 saturated heterocycles. The van der Waals surface area contributed by atoms with Crippen LogP contribution in [-0.4, -0.2) is 35.3 Å². The molecular weight excluding hydrogens is 343 g/mol. The number of halogens is 5. The Kier molecular flexibility index (Phi) is 4.59. The molecule has 1 aliphatic heterocycles. The van der Waals surface area contributed by atoms with Crippen LogP contribution in [0.1, 0.15) is 11.3 Å². The molecule has 1 fully saturated rings. The highest BCUT2D eigenvalue weighted by Crippen LogP contribution is 2.33. The van der Waals surface area contributed by atoms with E-state index in [1.54, 1.807) is 6.92 Å². The molecule has 134 valence electrons. The molecule has 0 unspecified atom stereocenters. The largest absolute Gasteiger partial charge is 0.416 e. The summed E-state index contributed by atoms with van der Waals surface area (Å²) in [4.78, 5) is 8.17. The number of alkyl halides is 4. The second-order valence-electron chi connectivity index (χ2n) is 5.81. The molecule has 1 aromatic heterocycles. The number of nitrogens with zero attached hydrogens (tertiary/aromatic N) is 2. The SMILES string of the molecule is Cc1nc(N[C@@H]2CNC[C@@H]2F)ncc1-c1ccc(C(F)(F)F)cc1F. The van der Waals surface area contributed by atoms with Crippen molar-refractivity contribution >= 4 is 5.95 Å². The molecule has 0 spiro atoms. The van der Waals surface area contributed by atoms with Gasteiger partial charge in [0.1, 0.15) is 12.0 Å². The lowest BCUT2D eigenvalue weighted by Gasteiger charge is -2.15. The number of hydrogen-bond donors (Lipinski definition) is 2. The first-order valence-corrected chi connectivity index (χ1v) is 7.58. The number of nitrogens with one attached hydrogen (secondary N) is 2. The second-order valence-corrected chi connectivity index (χ2v) is 5.81. The van der Waals surface area contributed by atoms with Crippen molar-refractivity contribution in [1.82, 2.24) is 15.3 Å². The summed E-state index contributed by atoms with van der Waals surface area (Å²) in [6.07, 6.45) is -4.38. The van der Waals surface area contributed by atoms with E-state index in [4.69, 9.17) is 0 Å². The van der Waals surface area contributed by atoms with Gasteiger partial charge in [-0.2, -0.15) is 13.2 Å². The van der Waals surface area contributed by atoms with Crippen LogP contribution in [0.25, 0.3) is 11.1 Å². The van der Waals surface area contributed by atoms with E-state index < -0.39 is 29.8 Å². The third-order valence-electron chi connectivity index (χ3n) is 4.02. The molecule has 4 nitrogen and oxygen atoms in total. The van der Waals surface area contributed by atoms with Crippen LogP contribution in [0.5, 0.6) is 0 Å². The van der Waals surface area contributed by atoms with Crippen molar-refractivity contribution < 1.29 is 22.0 Å². The van der Waals surface area contributed by atoms with E-state index in [9.17, 15) is 22.0 Å². The zero-order valence-corrected chi connectivity index (χ0v) is 13.2. The average molecular weight is 358 g/mol. The maximum atomic E-state index is 14.1. The van der Waals surface area contributed by atoms with Gasteiger partial charge in [-0.25, -0.2) is 18.7 Å². The predicted molar refractivity (Wildman–Crippen MR) is 82.3 cm³/mol. The molecule has 1 aromatic carbocycles. The highest BCUT2D eigenvalue weighted by atomic mass is 19.4. The van der Waals surface area contributed by atoms with Crippen LogP contribution < -0.4 is 10.6 Å². The van der Waals surface area contributed by atoms with E-state index in [2.05, 4.69) is 20.6 Å². The van der Waals surface area contributed by atoms with E-state index in [-0.39, 0.29) is 23.6 Å². The van der Waals surface area contributed by atoms with Crippen LogP contribution >= 0.6 is 0 Å².